The van der Waals surface area contributed by atoms with Crippen molar-refractivity contribution < 1.29 is 19.0 Å². The van der Waals surface area contributed by atoms with Gasteiger partial charge in [0.15, 0.2) is 0 Å². The van der Waals surface area contributed by atoms with Crippen LogP contribution in [0.5, 0.6) is 0 Å². The second kappa shape index (κ2) is 5.80. The fraction of sp³-hybridized carbons (Fsp3) is 0.462. The van der Waals surface area contributed by atoms with Crippen LogP contribution in [-0.4, -0.2) is 25.0 Å². The SMILES string of the molecule is CC(=O)OC1OCC[C@H]1OCc1ccccc1. The van der Waals surface area contributed by atoms with Crippen molar-refractivity contribution in [1.29, 1.82) is 0 Å². The summed E-state index contributed by atoms with van der Waals surface area (Å²) in [6.07, 6.45) is 0.0282. The Morgan fingerprint density at radius 1 is 1.41 bits per heavy atom. The number of rotatable bonds is 4. The van der Waals surface area contributed by atoms with Crippen LogP contribution in [0.15, 0.2) is 30.3 Å². The van der Waals surface area contributed by atoms with Gasteiger partial charge in [0.05, 0.1) is 13.2 Å². The zero-order valence-electron chi connectivity index (χ0n) is 9.80. The van der Waals surface area contributed by atoms with Crippen LogP contribution in [0.3, 0.4) is 0 Å². The molecule has 1 aromatic carbocycles. The highest BCUT2D eigenvalue weighted by molar-refractivity contribution is 5.66. The molecule has 0 N–H and O–H groups in total. The second-order valence-corrected chi connectivity index (χ2v) is 3.97. The molecular formula is C13H16O4. The number of carbonyl (C=O) groups excluding carboxylic acids is 1. The maximum atomic E-state index is 10.9. The largest absolute Gasteiger partial charge is 0.433 e. The molecule has 0 bridgehead atoms. The molecule has 1 fully saturated rings. The summed E-state index contributed by atoms with van der Waals surface area (Å²) < 4.78 is 16.0. The quantitative estimate of drug-likeness (QED) is 0.749. The monoisotopic (exact) mass is 236 g/mol. The Morgan fingerprint density at radius 3 is 2.88 bits per heavy atom. The average Bonchev–Trinajstić information content (AvgIpc) is 2.74. The van der Waals surface area contributed by atoms with Gasteiger partial charge in [0.2, 0.25) is 6.29 Å². The minimum Gasteiger partial charge on any atom is -0.433 e. The molecule has 0 spiro atoms. The lowest BCUT2D eigenvalue weighted by atomic mass is 10.2. The summed E-state index contributed by atoms with van der Waals surface area (Å²) in [6, 6.07) is 9.89. The molecule has 1 aliphatic heterocycles. The predicted octanol–water partition coefficient (Wildman–Crippen LogP) is 1.88. The molecule has 0 aliphatic carbocycles. The molecule has 92 valence electrons. The molecule has 0 aromatic heterocycles. The van der Waals surface area contributed by atoms with Crippen LogP contribution in [0, 0.1) is 0 Å². The summed E-state index contributed by atoms with van der Waals surface area (Å²) >= 11 is 0. The van der Waals surface area contributed by atoms with Crippen molar-refractivity contribution in [2.45, 2.75) is 32.3 Å². The molecule has 1 aromatic rings. The van der Waals surface area contributed by atoms with Gasteiger partial charge in [-0.3, -0.25) is 4.79 Å². The minimum atomic E-state index is -0.559. The van der Waals surface area contributed by atoms with E-state index in [0.717, 1.165) is 12.0 Å². The van der Waals surface area contributed by atoms with Gasteiger partial charge in [0.25, 0.3) is 0 Å². The number of hydrogen-bond acceptors (Lipinski definition) is 4. The van der Waals surface area contributed by atoms with E-state index < -0.39 is 6.29 Å². The molecule has 0 amide bonds. The van der Waals surface area contributed by atoms with Gasteiger partial charge >= 0.3 is 5.97 Å². The second-order valence-electron chi connectivity index (χ2n) is 3.97. The first-order valence-electron chi connectivity index (χ1n) is 5.70. The van der Waals surface area contributed by atoms with E-state index in [-0.39, 0.29) is 12.1 Å². The molecule has 4 nitrogen and oxygen atoms in total. The highest BCUT2D eigenvalue weighted by Gasteiger charge is 2.31. The third-order valence-corrected chi connectivity index (χ3v) is 2.58. The number of esters is 1. The van der Waals surface area contributed by atoms with Gasteiger partial charge in [-0.1, -0.05) is 30.3 Å². The van der Waals surface area contributed by atoms with Gasteiger partial charge < -0.3 is 14.2 Å². The summed E-state index contributed by atoms with van der Waals surface area (Å²) in [5.41, 5.74) is 1.10. The molecule has 0 radical (unpaired) electrons. The van der Waals surface area contributed by atoms with Crippen LogP contribution in [0.2, 0.25) is 0 Å². The molecule has 4 heteroatoms. The Labute approximate surface area is 100 Å². The van der Waals surface area contributed by atoms with E-state index in [9.17, 15) is 4.79 Å². The lowest BCUT2D eigenvalue weighted by Crippen LogP contribution is -2.28. The van der Waals surface area contributed by atoms with Crippen molar-refractivity contribution in [3.05, 3.63) is 35.9 Å². The molecule has 1 saturated heterocycles. The first-order valence-corrected chi connectivity index (χ1v) is 5.70. The predicted molar refractivity (Wildman–Crippen MR) is 61.1 cm³/mol. The van der Waals surface area contributed by atoms with Gasteiger partial charge in [-0.2, -0.15) is 0 Å². The summed E-state index contributed by atoms with van der Waals surface area (Å²) in [4.78, 5) is 10.9. The van der Waals surface area contributed by atoms with Crippen LogP contribution in [0.4, 0.5) is 0 Å². The lowest BCUT2D eigenvalue weighted by molar-refractivity contribution is -0.186. The van der Waals surface area contributed by atoms with E-state index in [1.54, 1.807) is 0 Å². The van der Waals surface area contributed by atoms with Gasteiger partial charge in [0.1, 0.15) is 6.10 Å². The lowest BCUT2D eigenvalue weighted by Gasteiger charge is -2.18. The van der Waals surface area contributed by atoms with Crippen molar-refractivity contribution in [2.75, 3.05) is 6.61 Å². The maximum absolute atomic E-state index is 10.9. The fourth-order valence-electron chi connectivity index (χ4n) is 1.76. The van der Waals surface area contributed by atoms with Crippen LogP contribution < -0.4 is 0 Å². The maximum Gasteiger partial charge on any atom is 0.305 e. The van der Waals surface area contributed by atoms with Crippen molar-refractivity contribution >= 4 is 5.97 Å². The van der Waals surface area contributed by atoms with E-state index in [1.165, 1.54) is 6.92 Å². The standard InChI is InChI=1S/C13H16O4/c1-10(14)17-13-12(7-8-15-13)16-9-11-5-3-2-4-6-11/h2-6,12-13H,7-9H2,1H3/t12-,13?/m1/s1. The van der Waals surface area contributed by atoms with E-state index in [2.05, 4.69) is 0 Å². The van der Waals surface area contributed by atoms with E-state index >= 15 is 0 Å². The summed E-state index contributed by atoms with van der Waals surface area (Å²) in [6.45, 7) is 2.44. The normalized spacial score (nSPS) is 23.6. The molecule has 1 heterocycles. The zero-order valence-corrected chi connectivity index (χ0v) is 9.80. The highest BCUT2D eigenvalue weighted by atomic mass is 16.7. The Balaban J connectivity index is 1.84. The molecule has 2 rings (SSSR count). The Hall–Kier alpha value is -1.39. The van der Waals surface area contributed by atoms with Crippen LogP contribution in [-0.2, 0) is 25.6 Å². The third kappa shape index (κ3) is 3.54. The van der Waals surface area contributed by atoms with E-state index in [1.807, 2.05) is 30.3 Å². The summed E-state index contributed by atoms with van der Waals surface area (Å²) in [7, 11) is 0. The molecule has 0 saturated carbocycles. The van der Waals surface area contributed by atoms with Crippen molar-refractivity contribution in [1.82, 2.24) is 0 Å². The first kappa shape index (κ1) is 12.1. The Kier molecular flexibility index (Phi) is 4.12. The molecule has 2 atom stereocenters. The summed E-state index contributed by atoms with van der Waals surface area (Å²) in [5, 5.41) is 0. The third-order valence-electron chi connectivity index (χ3n) is 2.58. The Bertz CT molecular complexity index is 363. The first-order chi connectivity index (χ1) is 8.25. The van der Waals surface area contributed by atoms with E-state index in [4.69, 9.17) is 14.2 Å². The fourth-order valence-corrected chi connectivity index (χ4v) is 1.76. The molecular weight excluding hydrogens is 220 g/mol. The molecule has 1 aliphatic rings. The number of benzene rings is 1. The van der Waals surface area contributed by atoms with Gasteiger partial charge in [-0.05, 0) is 5.56 Å². The minimum absolute atomic E-state index is 0.167. The van der Waals surface area contributed by atoms with Crippen molar-refractivity contribution in [3.8, 4) is 0 Å². The van der Waals surface area contributed by atoms with E-state index in [0.29, 0.717) is 13.2 Å². The highest BCUT2D eigenvalue weighted by Crippen LogP contribution is 2.19. The molecule has 17 heavy (non-hydrogen) atoms. The number of carbonyl (C=O) groups is 1. The van der Waals surface area contributed by atoms with Gasteiger partial charge in [-0.25, -0.2) is 0 Å². The average molecular weight is 236 g/mol. The number of ether oxygens (including phenoxy) is 3. The zero-order chi connectivity index (χ0) is 12.1. The van der Waals surface area contributed by atoms with Crippen molar-refractivity contribution in [2.24, 2.45) is 0 Å². The summed E-state index contributed by atoms with van der Waals surface area (Å²) in [5.74, 6) is -0.342. The van der Waals surface area contributed by atoms with Crippen molar-refractivity contribution in [3.63, 3.8) is 0 Å². The van der Waals surface area contributed by atoms with Gasteiger partial charge in [-0.15, -0.1) is 0 Å². The van der Waals surface area contributed by atoms with Crippen LogP contribution >= 0.6 is 0 Å². The van der Waals surface area contributed by atoms with Crippen LogP contribution in [0.1, 0.15) is 18.9 Å². The smallest absolute Gasteiger partial charge is 0.305 e. The topological polar surface area (TPSA) is 44.8 Å². The van der Waals surface area contributed by atoms with Gasteiger partial charge in [0, 0.05) is 13.3 Å². The number of hydrogen-bond donors (Lipinski definition) is 0. The Morgan fingerprint density at radius 2 is 2.18 bits per heavy atom. The molecule has 1 unspecified atom stereocenters. The van der Waals surface area contributed by atoms with Crippen LogP contribution in [0.25, 0.3) is 0 Å².